The minimum Gasteiger partial charge on any atom is -0.344 e. The summed E-state index contributed by atoms with van der Waals surface area (Å²) in [6, 6.07) is 0. The first-order valence-electron chi connectivity index (χ1n) is 8.21. The van der Waals surface area contributed by atoms with E-state index < -0.39 is 13.2 Å². The minimum atomic E-state index is -0.935. The van der Waals surface area contributed by atoms with Crippen LogP contribution in [0.15, 0.2) is 12.2 Å². The maximum Gasteiger partial charge on any atom is -0.344 e. The molecule has 0 rings (SSSR count). The Labute approximate surface area is 133 Å². The summed E-state index contributed by atoms with van der Waals surface area (Å²) in [6.07, 6.45) is 13.4. The summed E-state index contributed by atoms with van der Waals surface area (Å²) in [5.74, 6) is -0.935. The zero-order chi connectivity index (χ0) is 16.0. The number of unbranched alkanes of at least 4 members (excludes halogenated alkanes) is 3. The molecule has 0 aliphatic rings. The van der Waals surface area contributed by atoms with E-state index in [1.54, 1.807) is 18.5 Å². The number of carboxylic acid groups (broad SMARTS) is 1. The molecule has 0 aliphatic heterocycles. The summed E-state index contributed by atoms with van der Waals surface area (Å²) in [5.41, 5.74) is 0.176. The van der Waals surface area contributed by atoms with Crippen LogP contribution in [0.4, 0.5) is 0 Å². The van der Waals surface area contributed by atoms with Crippen molar-refractivity contribution < 1.29 is 9.90 Å². The molecule has 0 aliphatic carbocycles. The third kappa shape index (κ3) is 17.5. The van der Waals surface area contributed by atoms with Crippen LogP contribution in [0.25, 0.3) is 0 Å². The van der Waals surface area contributed by atoms with Crippen LogP contribution in [0, 0.1) is 0 Å². The second-order valence-electron chi connectivity index (χ2n) is 6.21. The van der Waals surface area contributed by atoms with Gasteiger partial charge in [-0.05, 0) is 6.92 Å². The van der Waals surface area contributed by atoms with Crippen LogP contribution in [0.2, 0.25) is 0 Å². The topological polar surface area (TPSA) is 72.3 Å². The van der Waals surface area contributed by atoms with E-state index in [2.05, 4.69) is 34.0 Å². The van der Waals surface area contributed by atoms with Crippen LogP contribution >= 0.6 is 7.26 Å². The molecule has 0 atom stereocenters. The molecule has 0 unspecified atom stereocenters. The van der Waals surface area contributed by atoms with Gasteiger partial charge in [-0.15, -0.1) is 0 Å². The maximum absolute atomic E-state index is 9.60. The van der Waals surface area contributed by atoms with E-state index in [1.807, 2.05) is 0 Å². The zero-order valence-corrected chi connectivity index (χ0v) is 16.1. The molecule has 0 radical (unpaired) electrons. The minimum absolute atomic E-state index is 0. The number of rotatable bonds is 10. The third-order valence-electron chi connectivity index (χ3n) is 3.77. The molecule has 0 heterocycles. The fourth-order valence-electron chi connectivity index (χ4n) is 2.19. The quantitative estimate of drug-likeness (QED) is 0.408. The van der Waals surface area contributed by atoms with Gasteiger partial charge < -0.3 is 11.3 Å². The Kier molecular flexibility index (Phi) is 19.4. The molecule has 0 fully saturated rings. The standard InChI is InChI=1S/C13H31P.C4H6O2.H3N/c1-5-8-11-14(4,12-9-6-2)13-10-7-3;1-3(2)4(5)6;/h14H,5-13H2,1-4H3;1H2,2H3,(H,5,6);1H3. The summed E-state index contributed by atoms with van der Waals surface area (Å²) in [5, 5.41) is 7.89. The summed E-state index contributed by atoms with van der Waals surface area (Å²) in [4.78, 5) is 9.60. The molecule has 0 aromatic heterocycles. The Balaban J connectivity index is -0.000000394. The van der Waals surface area contributed by atoms with Gasteiger partial charge in [-0.1, -0.05) is 6.58 Å². The van der Waals surface area contributed by atoms with Crippen LogP contribution in [0.1, 0.15) is 66.2 Å². The average molecular weight is 321 g/mol. The van der Waals surface area contributed by atoms with Gasteiger partial charge in [-0.3, -0.25) is 0 Å². The fourth-order valence-corrected chi connectivity index (χ4v) is 6.56. The third-order valence-corrected chi connectivity index (χ3v) is 8.45. The van der Waals surface area contributed by atoms with E-state index in [-0.39, 0.29) is 11.7 Å². The Morgan fingerprint density at radius 2 is 1.19 bits per heavy atom. The molecule has 3 nitrogen and oxygen atoms in total. The molecular formula is C17H40NO2P. The number of carboxylic acids is 1. The van der Waals surface area contributed by atoms with E-state index in [0.29, 0.717) is 0 Å². The smallest absolute Gasteiger partial charge is 0.344 e. The average Bonchev–Trinajstić information content (AvgIpc) is 2.41. The van der Waals surface area contributed by atoms with Crippen molar-refractivity contribution in [1.82, 2.24) is 6.15 Å². The molecule has 21 heavy (non-hydrogen) atoms. The van der Waals surface area contributed by atoms with Crippen molar-refractivity contribution in [2.45, 2.75) is 66.2 Å². The van der Waals surface area contributed by atoms with E-state index in [1.165, 1.54) is 45.4 Å². The van der Waals surface area contributed by atoms with Crippen LogP contribution < -0.4 is 6.15 Å². The van der Waals surface area contributed by atoms with Gasteiger partial charge in [0.15, 0.2) is 0 Å². The van der Waals surface area contributed by atoms with Crippen molar-refractivity contribution in [3.05, 3.63) is 12.2 Å². The Morgan fingerprint density at radius 3 is 1.33 bits per heavy atom. The number of aliphatic carboxylic acids is 1. The predicted octanol–water partition coefficient (Wildman–Crippen LogP) is 5.58. The fraction of sp³-hybridized carbons (Fsp3) is 0.824. The molecule has 4 N–H and O–H groups in total. The van der Waals surface area contributed by atoms with E-state index in [4.69, 9.17) is 5.11 Å². The van der Waals surface area contributed by atoms with Gasteiger partial charge in [0, 0.05) is 5.57 Å². The molecular weight excluding hydrogens is 281 g/mol. The Morgan fingerprint density at radius 1 is 0.952 bits per heavy atom. The van der Waals surface area contributed by atoms with Crippen molar-refractivity contribution in [3.8, 4) is 0 Å². The molecule has 0 spiro atoms. The molecule has 0 aromatic carbocycles. The molecule has 0 aromatic rings. The van der Waals surface area contributed by atoms with Crippen molar-refractivity contribution in [3.63, 3.8) is 0 Å². The molecule has 0 saturated carbocycles. The number of hydrogen-bond acceptors (Lipinski definition) is 2. The number of hydrogen-bond donors (Lipinski definition) is 2. The summed E-state index contributed by atoms with van der Waals surface area (Å²) in [6.45, 7) is 14.2. The van der Waals surface area contributed by atoms with Crippen LogP contribution in [-0.4, -0.2) is 36.2 Å². The normalized spacial score (nSPS) is 10.9. The largest absolute Gasteiger partial charge is 0.344 e. The Hall–Kier alpha value is -0.400. The molecule has 0 saturated heterocycles. The van der Waals surface area contributed by atoms with Crippen molar-refractivity contribution in [1.29, 1.82) is 0 Å². The van der Waals surface area contributed by atoms with Gasteiger partial charge >= 0.3 is 97.7 Å². The predicted molar refractivity (Wildman–Crippen MR) is 101 cm³/mol. The van der Waals surface area contributed by atoms with E-state index in [9.17, 15) is 4.79 Å². The maximum atomic E-state index is 9.60. The van der Waals surface area contributed by atoms with Gasteiger partial charge in [0.2, 0.25) is 0 Å². The molecule has 4 heteroatoms. The van der Waals surface area contributed by atoms with Gasteiger partial charge in [0.25, 0.3) is 0 Å². The second kappa shape index (κ2) is 16.0. The summed E-state index contributed by atoms with van der Waals surface area (Å²) >= 11 is 0. The SMILES string of the molecule is C=C(C)C(=O)O.CCCC[PH](C)(CCCC)CCCC.N. The van der Waals surface area contributed by atoms with Gasteiger partial charge in [0.1, 0.15) is 0 Å². The van der Waals surface area contributed by atoms with Gasteiger partial charge in [-0.2, -0.15) is 0 Å². The second-order valence-corrected chi connectivity index (χ2v) is 11.3. The summed E-state index contributed by atoms with van der Waals surface area (Å²) in [7, 11) is -0.812. The first-order valence-corrected chi connectivity index (χ1v) is 11.3. The van der Waals surface area contributed by atoms with Crippen molar-refractivity contribution in [2.24, 2.45) is 0 Å². The van der Waals surface area contributed by atoms with Crippen LogP contribution in [0.5, 0.6) is 0 Å². The van der Waals surface area contributed by atoms with Crippen LogP contribution in [0.3, 0.4) is 0 Å². The van der Waals surface area contributed by atoms with Gasteiger partial charge in [-0.25, -0.2) is 4.79 Å². The van der Waals surface area contributed by atoms with E-state index >= 15 is 0 Å². The van der Waals surface area contributed by atoms with Crippen LogP contribution in [-0.2, 0) is 4.79 Å². The molecule has 130 valence electrons. The monoisotopic (exact) mass is 321 g/mol. The van der Waals surface area contributed by atoms with Crippen molar-refractivity contribution in [2.75, 3.05) is 25.2 Å². The van der Waals surface area contributed by atoms with Crippen molar-refractivity contribution >= 4 is 13.2 Å². The molecule has 0 bridgehead atoms. The van der Waals surface area contributed by atoms with E-state index in [0.717, 1.165) is 0 Å². The summed E-state index contributed by atoms with van der Waals surface area (Å²) < 4.78 is 0. The first-order chi connectivity index (χ1) is 9.32. The Bertz CT molecular complexity index is 234. The molecule has 0 amide bonds. The number of carbonyl (C=O) groups is 1. The van der Waals surface area contributed by atoms with Gasteiger partial charge in [0.05, 0.1) is 0 Å². The zero-order valence-electron chi connectivity index (χ0n) is 15.1. The first kappa shape index (κ1) is 25.5.